The van der Waals surface area contributed by atoms with E-state index < -0.39 is 10.0 Å². The molecule has 156 valence electrons. The normalized spacial score (nSPS) is 11.0. The van der Waals surface area contributed by atoms with Gasteiger partial charge in [-0.2, -0.15) is 0 Å². The topological polar surface area (TPSA) is 97.4 Å². The van der Waals surface area contributed by atoms with Crippen LogP contribution < -0.4 is 14.8 Å². The van der Waals surface area contributed by atoms with Crippen molar-refractivity contribution in [2.75, 3.05) is 11.8 Å². The summed E-state index contributed by atoms with van der Waals surface area (Å²) in [5, 5.41) is 2.80. The molecule has 8 heteroatoms. The Bertz CT molecular complexity index is 1140. The van der Waals surface area contributed by atoms with E-state index in [2.05, 4.69) is 15.0 Å². The summed E-state index contributed by atoms with van der Waals surface area (Å²) in [6, 6.07) is 15.0. The van der Waals surface area contributed by atoms with Crippen molar-refractivity contribution < 1.29 is 17.9 Å². The van der Waals surface area contributed by atoms with Gasteiger partial charge in [0.25, 0.3) is 15.9 Å². The predicted octanol–water partition coefficient (Wildman–Crippen LogP) is 3.44. The Hall–Kier alpha value is -3.39. The van der Waals surface area contributed by atoms with Gasteiger partial charge in [0.2, 0.25) is 5.88 Å². The molecule has 0 radical (unpaired) electrons. The molecule has 3 aromatic rings. The van der Waals surface area contributed by atoms with E-state index in [0.717, 1.165) is 11.1 Å². The van der Waals surface area contributed by atoms with Crippen molar-refractivity contribution in [3.8, 4) is 5.88 Å². The van der Waals surface area contributed by atoms with Crippen LogP contribution in [0.3, 0.4) is 0 Å². The molecular formula is C22H23N3O4S. The minimum absolute atomic E-state index is 0.161. The molecule has 0 spiro atoms. The number of aromatic nitrogens is 1. The Morgan fingerprint density at radius 3 is 2.40 bits per heavy atom. The van der Waals surface area contributed by atoms with E-state index in [4.69, 9.17) is 4.74 Å². The van der Waals surface area contributed by atoms with Gasteiger partial charge < -0.3 is 10.1 Å². The second kappa shape index (κ2) is 8.96. The van der Waals surface area contributed by atoms with E-state index in [0.29, 0.717) is 22.7 Å². The summed E-state index contributed by atoms with van der Waals surface area (Å²) in [6.45, 7) is 3.95. The number of rotatable bonds is 7. The number of ether oxygens (including phenoxy) is 1. The monoisotopic (exact) mass is 425 g/mol. The number of hydrogen-bond acceptors (Lipinski definition) is 5. The number of sulfonamides is 1. The number of nitrogens with zero attached hydrogens (tertiary/aromatic N) is 1. The summed E-state index contributed by atoms with van der Waals surface area (Å²) >= 11 is 0. The maximum absolute atomic E-state index is 12.7. The Morgan fingerprint density at radius 1 is 1.03 bits per heavy atom. The van der Waals surface area contributed by atoms with Crippen LogP contribution in [0, 0.1) is 13.8 Å². The first-order valence-electron chi connectivity index (χ1n) is 9.26. The van der Waals surface area contributed by atoms with E-state index in [9.17, 15) is 13.2 Å². The first kappa shape index (κ1) is 21.3. The van der Waals surface area contributed by atoms with Crippen LogP contribution in [0.25, 0.3) is 0 Å². The molecule has 1 amide bonds. The fourth-order valence-corrected chi connectivity index (χ4v) is 3.84. The highest BCUT2D eigenvalue weighted by Gasteiger charge is 2.16. The van der Waals surface area contributed by atoms with Crippen molar-refractivity contribution in [3.63, 3.8) is 0 Å². The fourth-order valence-electron chi connectivity index (χ4n) is 2.71. The van der Waals surface area contributed by atoms with Gasteiger partial charge in [-0.25, -0.2) is 13.4 Å². The third kappa shape index (κ3) is 5.15. The molecule has 0 aliphatic carbocycles. The first-order chi connectivity index (χ1) is 14.3. The van der Waals surface area contributed by atoms with Crippen LogP contribution in [0.2, 0.25) is 0 Å². The molecule has 0 bridgehead atoms. The summed E-state index contributed by atoms with van der Waals surface area (Å²) in [7, 11) is -2.23. The fraction of sp³-hybridized carbons (Fsp3) is 0.182. The molecule has 1 heterocycles. The Balaban J connectivity index is 1.73. The highest BCUT2D eigenvalue weighted by Crippen LogP contribution is 2.22. The summed E-state index contributed by atoms with van der Waals surface area (Å²) < 4.78 is 32.9. The van der Waals surface area contributed by atoms with Crippen LogP contribution >= 0.6 is 0 Å². The van der Waals surface area contributed by atoms with Crippen molar-refractivity contribution in [2.24, 2.45) is 0 Å². The van der Waals surface area contributed by atoms with Crippen molar-refractivity contribution >= 4 is 21.6 Å². The zero-order chi connectivity index (χ0) is 21.7. The molecular weight excluding hydrogens is 402 g/mol. The molecule has 0 aliphatic rings. The maximum atomic E-state index is 12.7. The van der Waals surface area contributed by atoms with Crippen LogP contribution in [-0.4, -0.2) is 26.4 Å². The number of amides is 1. The number of methoxy groups -OCH3 is 1. The second-order valence-corrected chi connectivity index (χ2v) is 8.52. The van der Waals surface area contributed by atoms with Crippen LogP contribution in [0.15, 0.2) is 65.7 Å². The molecule has 0 saturated carbocycles. The van der Waals surface area contributed by atoms with E-state index in [1.165, 1.54) is 13.2 Å². The molecule has 1 aromatic heterocycles. The molecule has 0 saturated heterocycles. The molecule has 0 fully saturated rings. The van der Waals surface area contributed by atoms with Crippen molar-refractivity contribution in [1.82, 2.24) is 10.3 Å². The van der Waals surface area contributed by atoms with Crippen LogP contribution in [0.1, 0.15) is 27.0 Å². The lowest BCUT2D eigenvalue weighted by Crippen LogP contribution is -2.23. The van der Waals surface area contributed by atoms with Gasteiger partial charge >= 0.3 is 0 Å². The smallest absolute Gasteiger partial charge is 0.261 e. The SMILES string of the molecule is COc1ccc(CNC(=O)c2ccc(C)c(NS(=O)(=O)c3ccc(C)cc3)c2)cn1. The maximum Gasteiger partial charge on any atom is 0.261 e. The Kier molecular flexibility index (Phi) is 6.37. The molecule has 30 heavy (non-hydrogen) atoms. The number of aryl methyl sites for hydroxylation is 2. The molecule has 0 atom stereocenters. The minimum atomic E-state index is -3.76. The zero-order valence-electron chi connectivity index (χ0n) is 17.0. The van der Waals surface area contributed by atoms with Crippen molar-refractivity contribution in [2.45, 2.75) is 25.3 Å². The third-order valence-electron chi connectivity index (χ3n) is 4.54. The summed E-state index contributed by atoms with van der Waals surface area (Å²) in [6.07, 6.45) is 1.62. The number of carbonyl (C=O) groups is 1. The lowest BCUT2D eigenvalue weighted by atomic mass is 10.1. The largest absolute Gasteiger partial charge is 0.481 e. The van der Waals surface area contributed by atoms with Crippen molar-refractivity contribution in [1.29, 1.82) is 0 Å². The molecule has 3 rings (SSSR count). The van der Waals surface area contributed by atoms with Gasteiger partial charge in [-0.15, -0.1) is 0 Å². The van der Waals surface area contributed by atoms with Gasteiger partial charge in [0.15, 0.2) is 0 Å². The van der Waals surface area contributed by atoms with Gasteiger partial charge in [0, 0.05) is 24.4 Å². The Labute approximate surface area is 176 Å². The lowest BCUT2D eigenvalue weighted by Gasteiger charge is -2.13. The molecule has 0 aliphatic heterocycles. The molecule has 2 N–H and O–H groups in total. The zero-order valence-corrected chi connectivity index (χ0v) is 17.8. The van der Waals surface area contributed by atoms with Gasteiger partial charge in [0.1, 0.15) is 0 Å². The average molecular weight is 426 g/mol. The highest BCUT2D eigenvalue weighted by atomic mass is 32.2. The average Bonchev–Trinajstić information content (AvgIpc) is 2.74. The van der Waals surface area contributed by atoms with Crippen molar-refractivity contribution in [3.05, 3.63) is 83.0 Å². The van der Waals surface area contributed by atoms with E-state index in [-0.39, 0.29) is 17.3 Å². The summed E-state index contributed by atoms with van der Waals surface area (Å²) in [4.78, 5) is 16.8. The predicted molar refractivity (Wildman–Crippen MR) is 115 cm³/mol. The molecule has 0 unspecified atom stereocenters. The van der Waals surface area contributed by atoms with Gasteiger partial charge in [-0.3, -0.25) is 9.52 Å². The lowest BCUT2D eigenvalue weighted by molar-refractivity contribution is 0.0951. The quantitative estimate of drug-likeness (QED) is 0.604. The first-order valence-corrected chi connectivity index (χ1v) is 10.7. The van der Waals surface area contributed by atoms with Gasteiger partial charge in [-0.1, -0.05) is 29.8 Å². The minimum Gasteiger partial charge on any atom is -0.481 e. The molecule has 7 nitrogen and oxygen atoms in total. The van der Waals surface area contributed by atoms with Crippen LogP contribution in [0.5, 0.6) is 5.88 Å². The van der Waals surface area contributed by atoms with E-state index >= 15 is 0 Å². The van der Waals surface area contributed by atoms with Gasteiger partial charge in [0.05, 0.1) is 17.7 Å². The number of benzene rings is 2. The second-order valence-electron chi connectivity index (χ2n) is 6.84. The third-order valence-corrected chi connectivity index (χ3v) is 5.92. The number of anilines is 1. The van der Waals surface area contributed by atoms with E-state index in [1.807, 2.05) is 13.0 Å². The highest BCUT2D eigenvalue weighted by molar-refractivity contribution is 7.92. The van der Waals surface area contributed by atoms with Crippen LogP contribution in [0.4, 0.5) is 5.69 Å². The van der Waals surface area contributed by atoms with Crippen LogP contribution in [-0.2, 0) is 16.6 Å². The summed E-state index contributed by atoms with van der Waals surface area (Å²) in [5.41, 5.74) is 3.20. The number of nitrogens with one attached hydrogen (secondary N) is 2. The summed E-state index contributed by atoms with van der Waals surface area (Å²) in [5.74, 6) is 0.177. The Morgan fingerprint density at radius 2 is 1.77 bits per heavy atom. The molecule has 2 aromatic carbocycles. The number of carbonyl (C=O) groups excluding carboxylic acids is 1. The standard InChI is InChI=1S/C22H23N3O4S/c1-15-4-9-19(10-5-15)30(27,28)25-20-12-18(8-6-16(20)2)22(26)24-14-17-7-11-21(29-3)23-13-17/h4-13,25H,14H2,1-3H3,(H,24,26). The van der Waals surface area contributed by atoms with Gasteiger partial charge in [-0.05, 0) is 49.2 Å². The van der Waals surface area contributed by atoms with E-state index in [1.54, 1.807) is 55.6 Å². The number of pyridine rings is 1. The number of hydrogen-bond donors (Lipinski definition) is 2.